The van der Waals surface area contributed by atoms with E-state index in [1.54, 1.807) is 0 Å². The third kappa shape index (κ3) is 3.42. The van der Waals surface area contributed by atoms with Gasteiger partial charge in [0.2, 0.25) is 11.8 Å². The van der Waals surface area contributed by atoms with Crippen LogP contribution in [0.25, 0.3) is 0 Å². The summed E-state index contributed by atoms with van der Waals surface area (Å²) in [4.78, 5) is 29.2. The van der Waals surface area contributed by atoms with Crippen LogP contribution in [0.3, 0.4) is 0 Å². The molecule has 2 aromatic rings. The number of nitrogens with zero attached hydrogens (tertiary/aromatic N) is 1. The number of fused-ring (bicyclic) bond motifs is 2. The van der Waals surface area contributed by atoms with Crippen LogP contribution in [0.1, 0.15) is 40.3 Å². The Morgan fingerprint density at radius 1 is 1.41 bits per heavy atom. The first kappa shape index (κ1) is 17.6. The number of carbonyl (C=O) groups is 2. The van der Waals surface area contributed by atoms with Crippen LogP contribution in [0, 0.1) is 12.7 Å². The lowest BCUT2D eigenvalue weighted by atomic mass is 9.89. The number of hydrogen-bond acceptors (Lipinski definition) is 4. The van der Waals surface area contributed by atoms with Crippen LogP contribution in [0.15, 0.2) is 24.4 Å². The molecule has 3 N–H and O–H groups in total. The highest BCUT2D eigenvalue weighted by molar-refractivity contribution is 6.01. The lowest BCUT2D eigenvalue weighted by molar-refractivity contribution is -0.126. The van der Waals surface area contributed by atoms with Gasteiger partial charge in [0.05, 0.1) is 5.92 Å². The minimum absolute atomic E-state index is 0.0103. The fourth-order valence-corrected chi connectivity index (χ4v) is 3.84. The molecule has 7 heteroatoms. The number of amides is 2. The zero-order chi connectivity index (χ0) is 19.0. The average molecular weight is 368 g/mol. The Labute approximate surface area is 156 Å². The van der Waals surface area contributed by atoms with Crippen LogP contribution in [0.5, 0.6) is 0 Å². The van der Waals surface area contributed by atoms with Crippen molar-refractivity contribution in [2.75, 3.05) is 11.9 Å². The molecule has 3 heterocycles. The molecule has 140 valence electrons. The molecule has 0 bridgehead atoms. The average Bonchev–Trinajstić information content (AvgIpc) is 2.66. The van der Waals surface area contributed by atoms with Crippen LogP contribution < -0.4 is 16.0 Å². The lowest BCUT2D eigenvalue weighted by Gasteiger charge is -2.26. The van der Waals surface area contributed by atoms with E-state index in [1.807, 2.05) is 13.1 Å². The largest absolute Gasteiger partial charge is 0.351 e. The van der Waals surface area contributed by atoms with Gasteiger partial charge in [-0.05, 0) is 60.3 Å². The second kappa shape index (κ2) is 7.08. The van der Waals surface area contributed by atoms with E-state index in [0.717, 1.165) is 36.3 Å². The van der Waals surface area contributed by atoms with Gasteiger partial charge in [-0.3, -0.25) is 14.6 Å². The SMILES string of the molecule is Cc1ncc2c(c1CNC(=O)C1CC(=O)Nc3ccc(F)cc31)CCNC2. The van der Waals surface area contributed by atoms with Gasteiger partial charge in [-0.1, -0.05) is 0 Å². The first-order valence-corrected chi connectivity index (χ1v) is 9.07. The number of rotatable bonds is 3. The van der Waals surface area contributed by atoms with E-state index in [1.165, 1.54) is 23.8 Å². The van der Waals surface area contributed by atoms with E-state index in [2.05, 4.69) is 20.9 Å². The number of nitrogens with one attached hydrogen (secondary N) is 3. The summed E-state index contributed by atoms with van der Waals surface area (Å²) in [5.41, 5.74) is 5.32. The van der Waals surface area contributed by atoms with Crippen molar-refractivity contribution in [3.05, 3.63) is 58.2 Å². The van der Waals surface area contributed by atoms with Crippen LogP contribution in [0.2, 0.25) is 0 Å². The monoisotopic (exact) mass is 368 g/mol. The van der Waals surface area contributed by atoms with E-state index in [4.69, 9.17) is 0 Å². The summed E-state index contributed by atoms with van der Waals surface area (Å²) in [6, 6.07) is 4.09. The molecular formula is C20H21FN4O2. The Hall–Kier alpha value is -2.80. The first-order valence-electron chi connectivity index (χ1n) is 9.07. The zero-order valence-corrected chi connectivity index (χ0v) is 15.1. The molecule has 0 radical (unpaired) electrons. The van der Waals surface area contributed by atoms with Gasteiger partial charge >= 0.3 is 0 Å². The summed E-state index contributed by atoms with van der Waals surface area (Å²) in [5, 5.41) is 8.95. The van der Waals surface area contributed by atoms with Crippen LogP contribution in [-0.2, 0) is 29.1 Å². The number of carbonyl (C=O) groups excluding carboxylic acids is 2. The summed E-state index contributed by atoms with van der Waals surface area (Å²) in [6.45, 7) is 3.96. The highest BCUT2D eigenvalue weighted by Crippen LogP contribution is 2.33. The second-order valence-corrected chi connectivity index (χ2v) is 7.01. The predicted molar refractivity (Wildman–Crippen MR) is 98.6 cm³/mol. The topological polar surface area (TPSA) is 83.1 Å². The Balaban J connectivity index is 1.56. The summed E-state index contributed by atoms with van der Waals surface area (Å²) < 4.78 is 13.7. The fraction of sp³-hybridized carbons (Fsp3) is 0.350. The molecule has 1 aromatic carbocycles. The van der Waals surface area contributed by atoms with Crippen molar-refractivity contribution in [3.8, 4) is 0 Å². The van der Waals surface area contributed by atoms with Crippen molar-refractivity contribution in [2.24, 2.45) is 0 Å². The van der Waals surface area contributed by atoms with Gasteiger partial charge in [-0.15, -0.1) is 0 Å². The summed E-state index contributed by atoms with van der Waals surface area (Å²) in [6.07, 6.45) is 2.78. The highest BCUT2D eigenvalue weighted by Gasteiger charge is 2.31. The van der Waals surface area contributed by atoms with E-state index < -0.39 is 11.7 Å². The molecule has 0 aliphatic carbocycles. The summed E-state index contributed by atoms with van der Waals surface area (Å²) >= 11 is 0. The van der Waals surface area contributed by atoms with Crippen LogP contribution in [0.4, 0.5) is 10.1 Å². The van der Waals surface area contributed by atoms with Gasteiger partial charge < -0.3 is 16.0 Å². The molecule has 1 unspecified atom stereocenters. The maximum absolute atomic E-state index is 13.7. The molecule has 0 saturated carbocycles. The zero-order valence-electron chi connectivity index (χ0n) is 15.1. The van der Waals surface area contributed by atoms with Crippen molar-refractivity contribution in [1.29, 1.82) is 0 Å². The van der Waals surface area contributed by atoms with Crippen molar-refractivity contribution in [1.82, 2.24) is 15.6 Å². The van der Waals surface area contributed by atoms with E-state index in [9.17, 15) is 14.0 Å². The molecule has 2 aliphatic rings. The third-order valence-electron chi connectivity index (χ3n) is 5.28. The Morgan fingerprint density at radius 2 is 2.26 bits per heavy atom. The number of hydrogen-bond donors (Lipinski definition) is 3. The maximum Gasteiger partial charge on any atom is 0.228 e. The van der Waals surface area contributed by atoms with Gasteiger partial charge in [-0.25, -0.2) is 4.39 Å². The molecule has 4 rings (SSSR count). The van der Waals surface area contributed by atoms with Crippen LogP contribution >= 0.6 is 0 Å². The molecule has 1 aromatic heterocycles. The van der Waals surface area contributed by atoms with Crippen LogP contribution in [-0.4, -0.2) is 23.3 Å². The molecule has 2 aliphatic heterocycles. The Bertz CT molecular complexity index is 928. The fourth-order valence-electron chi connectivity index (χ4n) is 3.84. The van der Waals surface area contributed by atoms with Gasteiger partial charge in [0.15, 0.2) is 0 Å². The molecule has 27 heavy (non-hydrogen) atoms. The van der Waals surface area contributed by atoms with Gasteiger partial charge in [0, 0.05) is 37.1 Å². The maximum atomic E-state index is 13.7. The van der Waals surface area contributed by atoms with Crippen molar-refractivity contribution >= 4 is 17.5 Å². The summed E-state index contributed by atoms with van der Waals surface area (Å²) in [7, 11) is 0. The Kier molecular flexibility index (Phi) is 4.61. The quantitative estimate of drug-likeness (QED) is 0.773. The molecule has 6 nitrogen and oxygen atoms in total. The molecular weight excluding hydrogens is 347 g/mol. The highest BCUT2D eigenvalue weighted by atomic mass is 19.1. The molecule has 0 spiro atoms. The van der Waals surface area contributed by atoms with Gasteiger partial charge in [-0.2, -0.15) is 0 Å². The number of benzene rings is 1. The van der Waals surface area contributed by atoms with E-state index in [0.29, 0.717) is 17.8 Å². The predicted octanol–water partition coefficient (Wildman–Crippen LogP) is 1.92. The third-order valence-corrected chi connectivity index (χ3v) is 5.28. The standard InChI is InChI=1S/C20H21FN4O2/c1-11-17(14-4-5-22-8-12(14)9-23-11)10-24-20(27)16-7-19(26)25-18-3-2-13(21)6-15(16)18/h2-3,6,9,16,22H,4-5,7-8,10H2,1H3,(H,24,27)(H,25,26). The van der Waals surface area contributed by atoms with Crippen molar-refractivity contribution in [3.63, 3.8) is 0 Å². The molecule has 1 atom stereocenters. The molecule has 2 amide bonds. The van der Waals surface area contributed by atoms with E-state index in [-0.39, 0.29) is 18.2 Å². The van der Waals surface area contributed by atoms with Crippen molar-refractivity contribution in [2.45, 2.75) is 38.8 Å². The second-order valence-electron chi connectivity index (χ2n) is 7.01. The number of halogens is 1. The number of anilines is 1. The normalized spacial score (nSPS) is 18.3. The number of aryl methyl sites for hydroxylation is 1. The molecule has 0 fully saturated rings. The van der Waals surface area contributed by atoms with E-state index >= 15 is 0 Å². The first-order chi connectivity index (χ1) is 13.0. The summed E-state index contributed by atoms with van der Waals surface area (Å²) in [5.74, 6) is -1.63. The van der Waals surface area contributed by atoms with Crippen molar-refractivity contribution < 1.29 is 14.0 Å². The van der Waals surface area contributed by atoms with Gasteiger partial charge in [0.1, 0.15) is 5.82 Å². The molecule has 0 saturated heterocycles. The minimum atomic E-state index is -0.695. The lowest BCUT2D eigenvalue weighted by Crippen LogP contribution is -2.35. The smallest absolute Gasteiger partial charge is 0.228 e. The van der Waals surface area contributed by atoms with Gasteiger partial charge in [0.25, 0.3) is 0 Å². The number of pyridine rings is 1. The minimum Gasteiger partial charge on any atom is -0.351 e. The number of aromatic nitrogens is 1. The Morgan fingerprint density at radius 3 is 3.11 bits per heavy atom.